The summed E-state index contributed by atoms with van der Waals surface area (Å²) in [6.45, 7) is 0. The van der Waals surface area contributed by atoms with Gasteiger partial charge in [-0.25, -0.2) is 9.80 Å². The average molecular weight is 479 g/mol. The molecular formula is C28H21N3O5. The first-order valence-corrected chi connectivity index (χ1v) is 11.6. The molecule has 0 radical (unpaired) electrons. The maximum atomic E-state index is 13.2. The predicted octanol–water partition coefficient (Wildman–Crippen LogP) is 3.65. The van der Waals surface area contributed by atoms with Gasteiger partial charge in [0.05, 0.1) is 24.2 Å². The van der Waals surface area contributed by atoms with E-state index in [4.69, 9.17) is 0 Å². The normalized spacial score (nSPS) is 20.5. The lowest BCUT2D eigenvalue weighted by atomic mass is 10.1. The molecule has 2 heterocycles. The van der Waals surface area contributed by atoms with Crippen molar-refractivity contribution in [1.29, 1.82) is 0 Å². The van der Waals surface area contributed by atoms with Crippen molar-refractivity contribution in [3.63, 3.8) is 0 Å². The second-order valence-electron chi connectivity index (χ2n) is 9.02. The SMILES string of the molecule is O=C1C[C@@H](N(O)[C@H]2CC(=O)N(c3ccc4ccccc4c3)C2=O)C(=O)N1c1ccc2ccccc2c1. The van der Waals surface area contributed by atoms with Crippen LogP contribution in [0.5, 0.6) is 0 Å². The summed E-state index contributed by atoms with van der Waals surface area (Å²) < 4.78 is 0. The van der Waals surface area contributed by atoms with Gasteiger partial charge in [-0.05, 0) is 45.8 Å². The Morgan fingerprint density at radius 2 is 0.972 bits per heavy atom. The van der Waals surface area contributed by atoms with E-state index in [1.165, 1.54) is 0 Å². The summed E-state index contributed by atoms with van der Waals surface area (Å²) in [5.41, 5.74) is 0.789. The summed E-state index contributed by atoms with van der Waals surface area (Å²) in [6.07, 6.45) is -0.591. The van der Waals surface area contributed by atoms with E-state index in [1.54, 1.807) is 24.3 Å². The third-order valence-corrected chi connectivity index (χ3v) is 6.87. The molecule has 6 rings (SSSR count). The summed E-state index contributed by atoms with van der Waals surface area (Å²) in [5.74, 6) is -2.24. The highest BCUT2D eigenvalue weighted by molar-refractivity contribution is 6.25. The Morgan fingerprint density at radius 3 is 1.39 bits per heavy atom. The van der Waals surface area contributed by atoms with Crippen molar-refractivity contribution in [2.45, 2.75) is 24.9 Å². The molecule has 36 heavy (non-hydrogen) atoms. The summed E-state index contributed by atoms with van der Waals surface area (Å²) in [7, 11) is 0. The standard InChI is InChI=1S/C28H21N3O5/c32-25-15-23(27(34)29(25)21-11-9-17-5-1-3-7-19(17)13-21)31(36)24-16-26(33)30(28(24)35)22-12-10-18-6-2-4-8-20(18)14-22/h1-14,23-24,36H,15-16H2/t23-,24+. The minimum absolute atomic E-state index is 0.296. The highest BCUT2D eigenvalue weighted by atomic mass is 16.5. The zero-order valence-electron chi connectivity index (χ0n) is 19.1. The van der Waals surface area contributed by atoms with Crippen LogP contribution in [0.4, 0.5) is 11.4 Å². The summed E-state index contributed by atoms with van der Waals surface area (Å²) >= 11 is 0. The van der Waals surface area contributed by atoms with Crippen molar-refractivity contribution < 1.29 is 24.4 Å². The van der Waals surface area contributed by atoms with Crippen LogP contribution in [0.2, 0.25) is 0 Å². The molecule has 2 aliphatic heterocycles. The lowest BCUT2D eigenvalue weighted by Gasteiger charge is -2.25. The van der Waals surface area contributed by atoms with Gasteiger partial charge >= 0.3 is 0 Å². The predicted molar refractivity (Wildman–Crippen MR) is 133 cm³/mol. The topological polar surface area (TPSA) is 98.2 Å². The second kappa shape index (κ2) is 8.37. The molecule has 2 atom stereocenters. The number of imide groups is 2. The van der Waals surface area contributed by atoms with Crippen molar-refractivity contribution >= 4 is 56.5 Å². The van der Waals surface area contributed by atoms with Crippen LogP contribution < -0.4 is 9.80 Å². The molecular weight excluding hydrogens is 458 g/mol. The monoisotopic (exact) mass is 479 g/mol. The number of benzene rings is 4. The van der Waals surface area contributed by atoms with Crippen LogP contribution in [0.1, 0.15) is 12.8 Å². The van der Waals surface area contributed by atoms with Crippen LogP contribution in [0.3, 0.4) is 0 Å². The number of carbonyl (C=O) groups is 4. The van der Waals surface area contributed by atoms with Crippen molar-refractivity contribution in [3.05, 3.63) is 84.9 Å². The van der Waals surface area contributed by atoms with Gasteiger partial charge in [0, 0.05) is 0 Å². The first-order chi connectivity index (χ1) is 17.4. The largest absolute Gasteiger partial charge is 0.312 e. The molecule has 0 aromatic heterocycles. The Balaban J connectivity index is 1.25. The van der Waals surface area contributed by atoms with Gasteiger partial charge in [0.15, 0.2) is 0 Å². The molecule has 1 N–H and O–H groups in total. The summed E-state index contributed by atoms with van der Waals surface area (Å²) in [6, 6.07) is 23.1. The summed E-state index contributed by atoms with van der Waals surface area (Å²) in [5, 5.41) is 15.2. The van der Waals surface area contributed by atoms with Crippen LogP contribution >= 0.6 is 0 Å². The van der Waals surface area contributed by atoms with Gasteiger partial charge in [-0.2, -0.15) is 5.06 Å². The fourth-order valence-corrected chi connectivity index (χ4v) is 5.04. The number of amides is 4. The Labute approximate surface area is 205 Å². The minimum Gasteiger partial charge on any atom is -0.312 e. The molecule has 4 aromatic rings. The Bertz CT molecular complexity index is 1460. The first kappa shape index (κ1) is 22.1. The maximum Gasteiger partial charge on any atom is 0.254 e. The zero-order valence-corrected chi connectivity index (χ0v) is 19.1. The number of rotatable bonds is 4. The van der Waals surface area contributed by atoms with E-state index in [1.807, 2.05) is 60.7 Å². The van der Waals surface area contributed by atoms with Crippen molar-refractivity contribution in [3.8, 4) is 0 Å². The molecule has 8 heteroatoms. The fraction of sp³-hybridized carbons (Fsp3) is 0.143. The van der Waals surface area contributed by atoms with Gasteiger partial charge in [0.25, 0.3) is 11.8 Å². The second-order valence-corrected chi connectivity index (χ2v) is 9.02. The number of anilines is 2. The van der Waals surface area contributed by atoms with Crippen molar-refractivity contribution in [2.75, 3.05) is 9.80 Å². The first-order valence-electron chi connectivity index (χ1n) is 11.6. The molecule has 178 valence electrons. The molecule has 0 unspecified atom stereocenters. The van der Waals surface area contributed by atoms with E-state index >= 15 is 0 Å². The maximum absolute atomic E-state index is 13.2. The highest BCUT2D eigenvalue weighted by Crippen LogP contribution is 2.32. The smallest absolute Gasteiger partial charge is 0.254 e. The fourth-order valence-electron chi connectivity index (χ4n) is 5.04. The molecule has 8 nitrogen and oxygen atoms in total. The average Bonchev–Trinajstić information content (AvgIpc) is 3.36. The number of nitrogens with zero attached hydrogens (tertiary/aromatic N) is 3. The molecule has 2 fully saturated rings. The van der Waals surface area contributed by atoms with Gasteiger partial charge < -0.3 is 5.21 Å². The Hall–Kier alpha value is -4.40. The van der Waals surface area contributed by atoms with E-state index in [-0.39, 0.29) is 12.8 Å². The lowest BCUT2D eigenvalue weighted by Crippen LogP contribution is -2.49. The molecule has 2 aliphatic rings. The van der Waals surface area contributed by atoms with Gasteiger partial charge in [-0.1, -0.05) is 60.7 Å². The van der Waals surface area contributed by atoms with Gasteiger partial charge in [0.2, 0.25) is 11.8 Å². The molecule has 4 amide bonds. The quantitative estimate of drug-likeness (QED) is 0.355. The summed E-state index contributed by atoms with van der Waals surface area (Å²) in [4.78, 5) is 54.1. The Kier molecular flexibility index (Phi) is 5.13. The molecule has 4 aromatic carbocycles. The number of carbonyl (C=O) groups excluding carboxylic acids is 4. The third kappa shape index (κ3) is 3.46. The van der Waals surface area contributed by atoms with Gasteiger partial charge in [-0.15, -0.1) is 0 Å². The minimum atomic E-state index is -1.26. The van der Waals surface area contributed by atoms with E-state index in [0.29, 0.717) is 16.4 Å². The van der Waals surface area contributed by atoms with Crippen LogP contribution in [-0.4, -0.2) is 46.0 Å². The number of hydrogen-bond acceptors (Lipinski definition) is 6. The van der Waals surface area contributed by atoms with E-state index in [9.17, 15) is 24.4 Å². The van der Waals surface area contributed by atoms with Gasteiger partial charge in [0.1, 0.15) is 12.1 Å². The molecule has 2 saturated heterocycles. The van der Waals surface area contributed by atoms with Crippen LogP contribution in [0, 0.1) is 0 Å². The number of fused-ring (bicyclic) bond motifs is 2. The van der Waals surface area contributed by atoms with Crippen LogP contribution in [0.25, 0.3) is 21.5 Å². The zero-order chi connectivity index (χ0) is 25.0. The van der Waals surface area contributed by atoms with E-state index < -0.39 is 35.7 Å². The van der Waals surface area contributed by atoms with Crippen molar-refractivity contribution in [1.82, 2.24) is 5.06 Å². The lowest BCUT2D eigenvalue weighted by molar-refractivity contribution is -0.172. The molecule has 0 saturated carbocycles. The number of hydrogen-bond donors (Lipinski definition) is 1. The Morgan fingerprint density at radius 1 is 0.583 bits per heavy atom. The van der Waals surface area contributed by atoms with E-state index in [0.717, 1.165) is 31.3 Å². The van der Waals surface area contributed by atoms with E-state index in [2.05, 4.69) is 0 Å². The van der Waals surface area contributed by atoms with Crippen LogP contribution in [0.15, 0.2) is 84.9 Å². The molecule has 0 spiro atoms. The highest BCUT2D eigenvalue weighted by Gasteiger charge is 2.50. The third-order valence-electron chi connectivity index (χ3n) is 6.87. The number of hydroxylamine groups is 2. The van der Waals surface area contributed by atoms with Gasteiger partial charge in [-0.3, -0.25) is 19.2 Å². The van der Waals surface area contributed by atoms with Crippen LogP contribution in [-0.2, 0) is 19.2 Å². The van der Waals surface area contributed by atoms with Crippen molar-refractivity contribution in [2.24, 2.45) is 0 Å². The molecule has 0 aliphatic carbocycles. The molecule has 0 bridgehead atoms.